The smallest absolute Gasteiger partial charge is 0.261 e. The van der Waals surface area contributed by atoms with Crippen LogP contribution in [0.25, 0.3) is 5.57 Å². The molecule has 0 spiro atoms. The van der Waals surface area contributed by atoms with E-state index in [-0.39, 0.29) is 24.3 Å². The van der Waals surface area contributed by atoms with Gasteiger partial charge in [-0.3, -0.25) is 19.3 Å². The number of anilines is 1. The van der Waals surface area contributed by atoms with Gasteiger partial charge < -0.3 is 4.90 Å². The summed E-state index contributed by atoms with van der Waals surface area (Å²) in [4.78, 5) is 41.7. The Bertz CT molecular complexity index is 1030. The molecule has 0 bridgehead atoms. The summed E-state index contributed by atoms with van der Waals surface area (Å²) < 4.78 is 0. The molecule has 0 aliphatic carbocycles. The van der Waals surface area contributed by atoms with Gasteiger partial charge in [0.05, 0.1) is 17.8 Å². The first kappa shape index (κ1) is 19.1. The van der Waals surface area contributed by atoms with Gasteiger partial charge in [-0.05, 0) is 17.5 Å². The molecule has 5 nitrogen and oxygen atoms in total. The number of para-hydroxylation sites is 1. The number of nitrogens with zero attached hydrogens (tertiary/aromatic N) is 2. The lowest BCUT2D eigenvalue weighted by atomic mass is 9.93. The van der Waals surface area contributed by atoms with E-state index in [1.54, 1.807) is 4.90 Å². The van der Waals surface area contributed by atoms with Gasteiger partial charge in [0.2, 0.25) is 5.91 Å². The summed E-state index contributed by atoms with van der Waals surface area (Å²) in [5.41, 5.74) is 3.18. The maximum atomic E-state index is 13.1. The third-order valence-electron chi connectivity index (χ3n) is 5.36. The van der Waals surface area contributed by atoms with E-state index in [1.165, 1.54) is 11.0 Å². The lowest BCUT2D eigenvalue weighted by Gasteiger charge is -2.28. The molecule has 3 amide bonds. The molecule has 0 radical (unpaired) electrons. The number of carbonyl (C=O) groups is 3. The van der Waals surface area contributed by atoms with E-state index < -0.39 is 5.41 Å². The monoisotopic (exact) mass is 388 g/mol. The molecule has 5 heteroatoms. The van der Waals surface area contributed by atoms with Gasteiger partial charge >= 0.3 is 0 Å². The Kier molecular flexibility index (Phi) is 4.61. The molecule has 0 saturated heterocycles. The van der Waals surface area contributed by atoms with Crippen LogP contribution in [0.3, 0.4) is 0 Å². The van der Waals surface area contributed by atoms with Crippen molar-refractivity contribution in [3.05, 3.63) is 71.3 Å². The van der Waals surface area contributed by atoms with Crippen molar-refractivity contribution in [2.45, 2.75) is 33.7 Å². The quantitative estimate of drug-likeness (QED) is 0.756. The van der Waals surface area contributed by atoms with Gasteiger partial charge in [-0.1, -0.05) is 69.3 Å². The summed E-state index contributed by atoms with van der Waals surface area (Å²) in [5.74, 6) is -0.623. The topological polar surface area (TPSA) is 57.7 Å². The largest absolute Gasteiger partial charge is 0.311 e. The van der Waals surface area contributed by atoms with E-state index in [2.05, 4.69) is 0 Å². The summed E-state index contributed by atoms with van der Waals surface area (Å²) in [6, 6.07) is 15.1. The number of imide groups is 1. The molecule has 2 aromatic rings. The molecular formula is C24H24N2O3. The van der Waals surface area contributed by atoms with E-state index in [1.807, 2.05) is 69.3 Å². The minimum absolute atomic E-state index is 0.0159. The van der Waals surface area contributed by atoms with Crippen molar-refractivity contribution in [3.8, 4) is 0 Å². The number of rotatable bonds is 3. The summed E-state index contributed by atoms with van der Waals surface area (Å²) >= 11 is 0. The SMILES string of the molecule is CC(C)(C)C(=O)N1CCc2cccc(C3=CC(=O)N(Cc4ccccc4)C3=O)c21. The molecule has 2 aliphatic heterocycles. The zero-order chi connectivity index (χ0) is 20.8. The number of hydrogen-bond acceptors (Lipinski definition) is 3. The van der Waals surface area contributed by atoms with Crippen LogP contribution >= 0.6 is 0 Å². The van der Waals surface area contributed by atoms with Crippen molar-refractivity contribution in [1.82, 2.24) is 4.90 Å². The number of benzene rings is 2. The minimum atomic E-state index is -0.530. The number of carbonyl (C=O) groups excluding carboxylic acids is 3. The highest BCUT2D eigenvalue weighted by Gasteiger charge is 2.38. The van der Waals surface area contributed by atoms with Crippen LogP contribution in [0, 0.1) is 5.41 Å². The Morgan fingerprint density at radius 1 is 1.00 bits per heavy atom. The Balaban J connectivity index is 1.69. The Labute approximate surface area is 170 Å². The Morgan fingerprint density at radius 2 is 1.72 bits per heavy atom. The summed E-state index contributed by atoms with van der Waals surface area (Å²) in [5, 5.41) is 0. The standard InChI is InChI=1S/C24H24N2O3/c1-24(2,3)23(29)25-13-12-17-10-7-11-18(21(17)25)19-14-20(27)26(22(19)28)15-16-8-5-4-6-9-16/h4-11,14H,12-13,15H2,1-3H3. The Hall–Kier alpha value is -3.21. The lowest BCUT2D eigenvalue weighted by Crippen LogP contribution is -2.39. The van der Waals surface area contributed by atoms with Gasteiger partial charge in [-0.2, -0.15) is 0 Å². The van der Waals surface area contributed by atoms with Crippen LogP contribution in [0.4, 0.5) is 5.69 Å². The van der Waals surface area contributed by atoms with E-state index in [4.69, 9.17) is 0 Å². The third kappa shape index (κ3) is 3.37. The molecular weight excluding hydrogens is 364 g/mol. The average Bonchev–Trinajstić information content (AvgIpc) is 3.24. The molecule has 0 aromatic heterocycles. The molecule has 0 fully saturated rings. The van der Waals surface area contributed by atoms with E-state index >= 15 is 0 Å². The molecule has 29 heavy (non-hydrogen) atoms. The number of amides is 3. The van der Waals surface area contributed by atoms with Crippen molar-refractivity contribution in [1.29, 1.82) is 0 Å². The lowest BCUT2D eigenvalue weighted by molar-refractivity contribution is -0.137. The first-order valence-electron chi connectivity index (χ1n) is 9.83. The van der Waals surface area contributed by atoms with Gasteiger partial charge in [0, 0.05) is 23.6 Å². The van der Waals surface area contributed by atoms with Crippen molar-refractivity contribution in [3.63, 3.8) is 0 Å². The van der Waals surface area contributed by atoms with Gasteiger partial charge in [-0.25, -0.2) is 0 Å². The molecule has 0 N–H and O–H groups in total. The van der Waals surface area contributed by atoms with E-state index in [0.29, 0.717) is 17.7 Å². The maximum Gasteiger partial charge on any atom is 0.261 e. The van der Waals surface area contributed by atoms with Gasteiger partial charge in [-0.15, -0.1) is 0 Å². The van der Waals surface area contributed by atoms with Crippen LogP contribution in [0.2, 0.25) is 0 Å². The fourth-order valence-corrected chi connectivity index (χ4v) is 3.90. The van der Waals surface area contributed by atoms with Crippen LogP contribution in [-0.2, 0) is 27.3 Å². The first-order chi connectivity index (χ1) is 13.8. The summed E-state index contributed by atoms with van der Waals surface area (Å²) in [7, 11) is 0. The molecule has 0 unspecified atom stereocenters. The fraction of sp³-hybridized carbons (Fsp3) is 0.292. The van der Waals surface area contributed by atoms with Crippen LogP contribution in [0.1, 0.15) is 37.5 Å². The maximum absolute atomic E-state index is 13.1. The van der Waals surface area contributed by atoms with Crippen molar-refractivity contribution >= 4 is 29.0 Å². The predicted octanol–water partition coefficient (Wildman–Crippen LogP) is 3.57. The van der Waals surface area contributed by atoms with Crippen LogP contribution in [-0.4, -0.2) is 29.2 Å². The average molecular weight is 388 g/mol. The van der Waals surface area contributed by atoms with Crippen LogP contribution in [0.5, 0.6) is 0 Å². The normalized spacial score (nSPS) is 16.3. The Morgan fingerprint density at radius 3 is 2.41 bits per heavy atom. The first-order valence-corrected chi connectivity index (χ1v) is 9.83. The van der Waals surface area contributed by atoms with Crippen LogP contribution < -0.4 is 4.90 Å². The molecule has 2 aromatic carbocycles. The molecule has 0 saturated carbocycles. The zero-order valence-corrected chi connectivity index (χ0v) is 16.9. The second-order valence-corrected chi connectivity index (χ2v) is 8.54. The van der Waals surface area contributed by atoms with Crippen molar-refractivity contribution in [2.75, 3.05) is 11.4 Å². The fourth-order valence-electron chi connectivity index (χ4n) is 3.90. The minimum Gasteiger partial charge on any atom is -0.311 e. The highest BCUT2D eigenvalue weighted by Crippen LogP contribution is 2.39. The third-order valence-corrected chi connectivity index (χ3v) is 5.36. The van der Waals surface area contributed by atoms with E-state index in [9.17, 15) is 14.4 Å². The molecule has 2 heterocycles. The number of hydrogen-bond donors (Lipinski definition) is 0. The van der Waals surface area contributed by atoms with Crippen molar-refractivity contribution < 1.29 is 14.4 Å². The number of fused-ring (bicyclic) bond motifs is 1. The summed E-state index contributed by atoms with van der Waals surface area (Å²) in [6.45, 7) is 6.49. The van der Waals surface area contributed by atoms with Gasteiger partial charge in [0.15, 0.2) is 0 Å². The van der Waals surface area contributed by atoms with Gasteiger partial charge in [0.1, 0.15) is 0 Å². The van der Waals surface area contributed by atoms with Crippen LogP contribution in [0.15, 0.2) is 54.6 Å². The summed E-state index contributed by atoms with van der Waals surface area (Å²) in [6.07, 6.45) is 2.15. The molecule has 0 atom stereocenters. The zero-order valence-electron chi connectivity index (χ0n) is 16.9. The van der Waals surface area contributed by atoms with E-state index in [0.717, 1.165) is 23.2 Å². The molecule has 2 aliphatic rings. The van der Waals surface area contributed by atoms with Gasteiger partial charge in [0.25, 0.3) is 11.8 Å². The highest BCUT2D eigenvalue weighted by atomic mass is 16.2. The second-order valence-electron chi connectivity index (χ2n) is 8.54. The second kappa shape index (κ2) is 6.99. The molecule has 4 rings (SSSR count). The van der Waals surface area contributed by atoms with Crippen molar-refractivity contribution in [2.24, 2.45) is 5.41 Å². The predicted molar refractivity (Wildman–Crippen MR) is 112 cm³/mol. The highest BCUT2D eigenvalue weighted by molar-refractivity contribution is 6.34. The molecule has 148 valence electrons.